The van der Waals surface area contributed by atoms with Crippen LogP contribution in [0.15, 0.2) is 47.2 Å². The summed E-state index contributed by atoms with van der Waals surface area (Å²) in [6, 6.07) is 8.80. The molecule has 1 atom stereocenters. The molecule has 5 heteroatoms. The number of amides is 1. The molecule has 4 nitrogen and oxygen atoms in total. The lowest BCUT2D eigenvalue weighted by atomic mass is 10.1. The monoisotopic (exact) mass is 319 g/mol. The fraction of sp³-hybridized carbons (Fsp3) is 0.143. The zero-order valence-electron chi connectivity index (χ0n) is 10.4. The van der Waals surface area contributed by atoms with Crippen molar-refractivity contribution in [2.75, 3.05) is 5.73 Å². The zero-order chi connectivity index (χ0) is 13.8. The SMILES string of the molecule is C[C@@H](NC(=O)c1cc(N)ccc1Br)c1cccnc1. The van der Waals surface area contributed by atoms with Crippen molar-refractivity contribution in [3.05, 3.63) is 58.3 Å². The van der Waals surface area contributed by atoms with Crippen molar-refractivity contribution in [2.45, 2.75) is 13.0 Å². The van der Waals surface area contributed by atoms with Crippen molar-refractivity contribution in [3.63, 3.8) is 0 Å². The van der Waals surface area contributed by atoms with Gasteiger partial charge in [-0.15, -0.1) is 0 Å². The molecule has 0 aliphatic carbocycles. The van der Waals surface area contributed by atoms with Crippen molar-refractivity contribution in [2.24, 2.45) is 0 Å². The molecule has 0 unspecified atom stereocenters. The van der Waals surface area contributed by atoms with E-state index in [0.717, 1.165) is 10.0 Å². The number of benzene rings is 1. The van der Waals surface area contributed by atoms with Gasteiger partial charge in [-0.1, -0.05) is 6.07 Å². The number of halogens is 1. The lowest BCUT2D eigenvalue weighted by Gasteiger charge is -2.14. The highest BCUT2D eigenvalue weighted by Gasteiger charge is 2.14. The van der Waals surface area contributed by atoms with E-state index < -0.39 is 0 Å². The lowest BCUT2D eigenvalue weighted by Crippen LogP contribution is -2.27. The van der Waals surface area contributed by atoms with Gasteiger partial charge in [0, 0.05) is 22.6 Å². The number of nitrogen functional groups attached to an aromatic ring is 1. The molecule has 1 heterocycles. The zero-order valence-corrected chi connectivity index (χ0v) is 12.0. The minimum Gasteiger partial charge on any atom is -0.399 e. The van der Waals surface area contributed by atoms with Crippen molar-refractivity contribution < 1.29 is 4.79 Å². The topological polar surface area (TPSA) is 68.0 Å². The second-order valence-electron chi connectivity index (χ2n) is 4.22. The third kappa shape index (κ3) is 3.32. The van der Waals surface area contributed by atoms with Gasteiger partial charge in [0.25, 0.3) is 5.91 Å². The molecule has 1 aromatic carbocycles. The smallest absolute Gasteiger partial charge is 0.252 e. The van der Waals surface area contributed by atoms with Crippen molar-refractivity contribution >= 4 is 27.5 Å². The molecule has 0 bridgehead atoms. The maximum Gasteiger partial charge on any atom is 0.252 e. The summed E-state index contributed by atoms with van der Waals surface area (Å²) >= 11 is 3.35. The summed E-state index contributed by atoms with van der Waals surface area (Å²) in [5, 5.41) is 2.92. The molecule has 98 valence electrons. The van der Waals surface area contributed by atoms with Crippen LogP contribution < -0.4 is 11.1 Å². The second kappa shape index (κ2) is 5.84. The number of rotatable bonds is 3. The Morgan fingerprint density at radius 2 is 2.21 bits per heavy atom. The normalized spacial score (nSPS) is 11.9. The van der Waals surface area contributed by atoms with Crippen molar-refractivity contribution in [1.82, 2.24) is 10.3 Å². The van der Waals surface area contributed by atoms with E-state index in [-0.39, 0.29) is 11.9 Å². The summed E-state index contributed by atoms with van der Waals surface area (Å²) in [6.45, 7) is 1.91. The predicted octanol–water partition coefficient (Wildman–Crippen LogP) is 2.92. The molecule has 1 aromatic heterocycles. The molecular formula is C14H14BrN3O. The number of nitrogens with one attached hydrogen (secondary N) is 1. The minimum atomic E-state index is -0.171. The van der Waals surface area contributed by atoms with Crippen LogP contribution in [0.25, 0.3) is 0 Å². The quantitative estimate of drug-likeness (QED) is 0.855. The maximum absolute atomic E-state index is 12.2. The highest BCUT2D eigenvalue weighted by Crippen LogP contribution is 2.20. The van der Waals surface area contributed by atoms with E-state index in [1.54, 1.807) is 30.6 Å². The standard InChI is InChI=1S/C14H14BrN3O/c1-9(10-3-2-6-17-8-10)18-14(19)12-7-11(16)4-5-13(12)15/h2-9H,16H2,1H3,(H,18,19)/t9-/m1/s1. The van der Waals surface area contributed by atoms with Gasteiger partial charge in [0.2, 0.25) is 0 Å². The van der Waals surface area contributed by atoms with Crippen LogP contribution in [0, 0.1) is 0 Å². The van der Waals surface area contributed by atoms with Crippen molar-refractivity contribution in [3.8, 4) is 0 Å². The maximum atomic E-state index is 12.2. The molecule has 0 saturated heterocycles. The largest absolute Gasteiger partial charge is 0.399 e. The minimum absolute atomic E-state index is 0.116. The number of pyridine rings is 1. The van der Waals surface area contributed by atoms with E-state index in [1.165, 1.54) is 0 Å². The van der Waals surface area contributed by atoms with E-state index in [9.17, 15) is 4.79 Å². The number of aromatic nitrogens is 1. The number of anilines is 1. The molecule has 2 rings (SSSR count). The fourth-order valence-electron chi connectivity index (χ4n) is 1.71. The van der Waals surface area contributed by atoms with Crippen molar-refractivity contribution in [1.29, 1.82) is 0 Å². The summed E-state index contributed by atoms with van der Waals surface area (Å²) in [7, 11) is 0. The van der Waals surface area contributed by atoms with Crippen LogP contribution in [-0.4, -0.2) is 10.9 Å². The number of carbonyl (C=O) groups excluding carboxylic acids is 1. The first-order chi connectivity index (χ1) is 9.08. The Morgan fingerprint density at radius 1 is 1.42 bits per heavy atom. The van der Waals surface area contributed by atoms with Gasteiger partial charge < -0.3 is 11.1 Å². The van der Waals surface area contributed by atoms with E-state index in [2.05, 4.69) is 26.2 Å². The van der Waals surface area contributed by atoms with Gasteiger partial charge >= 0.3 is 0 Å². The van der Waals surface area contributed by atoms with E-state index in [0.29, 0.717) is 11.3 Å². The van der Waals surface area contributed by atoms with E-state index >= 15 is 0 Å². The third-order valence-corrected chi connectivity index (χ3v) is 3.46. The molecule has 1 amide bonds. The number of carbonyl (C=O) groups is 1. The molecule has 0 spiro atoms. The molecule has 0 saturated carbocycles. The Hall–Kier alpha value is -1.88. The van der Waals surface area contributed by atoms with E-state index in [1.807, 2.05) is 19.1 Å². The average Bonchev–Trinajstić information content (AvgIpc) is 2.42. The Balaban J connectivity index is 2.15. The Kier molecular flexibility index (Phi) is 4.16. The van der Waals surface area contributed by atoms with Gasteiger partial charge in [-0.25, -0.2) is 0 Å². The van der Waals surface area contributed by atoms with Crippen LogP contribution in [-0.2, 0) is 0 Å². The van der Waals surface area contributed by atoms with Gasteiger partial charge in [0.15, 0.2) is 0 Å². The highest BCUT2D eigenvalue weighted by atomic mass is 79.9. The molecule has 2 aromatic rings. The summed E-state index contributed by atoms with van der Waals surface area (Å²) in [5.41, 5.74) is 7.73. The Labute approximate surface area is 120 Å². The molecule has 0 aliphatic rings. The Morgan fingerprint density at radius 3 is 2.89 bits per heavy atom. The third-order valence-electron chi connectivity index (χ3n) is 2.77. The number of hydrogen-bond donors (Lipinski definition) is 2. The van der Waals surface area contributed by atoms with Crippen LogP contribution in [0.4, 0.5) is 5.69 Å². The number of hydrogen-bond acceptors (Lipinski definition) is 3. The molecule has 0 fully saturated rings. The summed E-state index contributed by atoms with van der Waals surface area (Å²) in [5.74, 6) is -0.171. The first kappa shape index (κ1) is 13.5. The molecule has 19 heavy (non-hydrogen) atoms. The lowest BCUT2D eigenvalue weighted by molar-refractivity contribution is 0.0939. The van der Waals surface area contributed by atoms with Gasteiger partial charge in [-0.2, -0.15) is 0 Å². The average molecular weight is 320 g/mol. The van der Waals surface area contributed by atoms with Crippen LogP contribution in [0.3, 0.4) is 0 Å². The first-order valence-electron chi connectivity index (χ1n) is 5.83. The highest BCUT2D eigenvalue weighted by molar-refractivity contribution is 9.10. The number of nitrogens with two attached hydrogens (primary N) is 1. The van der Waals surface area contributed by atoms with E-state index in [4.69, 9.17) is 5.73 Å². The van der Waals surface area contributed by atoms with Gasteiger partial charge in [-0.3, -0.25) is 9.78 Å². The molecule has 0 aliphatic heterocycles. The fourth-order valence-corrected chi connectivity index (χ4v) is 2.13. The van der Waals surface area contributed by atoms with Gasteiger partial charge in [-0.05, 0) is 52.7 Å². The van der Waals surface area contributed by atoms with Crippen LogP contribution >= 0.6 is 15.9 Å². The Bertz CT molecular complexity index is 586. The van der Waals surface area contributed by atoms with Crippen LogP contribution in [0.5, 0.6) is 0 Å². The van der Waals surface area contributed by atoms with Crippen LogP contribution in [0.1, 0.15) is 28.9 Å². The van der Waals surface area contributed by atoms with Gasteiger partial charge in [0.1, 0.15) is 0 Å². The molecule has 0 radical (unpaired) electrons. The molecular weight excluding hydrogens is 306 g/mol. The first-order valence-corrected chi connectivity index (χ1v) is 6.63. The molecule has 3 N–H and O–H groups in total. The second-order valence-corrected chi connectivity index (χ2v) is 5.08. The summed E-state index contributed by atoms with van der Waals surface area (Å²) in [4.78, 5) is 16.2. The predicted molar refractivity (Wildman–Crippen MR) is 78.7 cm³/mol. The summed E-state index contributed by atoms with van der Waals surface area (Å²) < 4.78 is 0.720. The van der Waals surface area contributed by atoms with Gasteiger partial charge in [0.05, 0.1) is 11.6 Å². The van der Waals surface area contributed by atoms with Crippen LogP contribution in [0.2, 0.25) is 0 Å². The number of nitrogens with zero attached hydrogens (tertiary/aromatic N) is 1. The summed E-state index contributed by atoms with van der Waals surface area (Å²) in [6.07, 6.45) is 3.44.